The fraction of sp³-hybridized carbons (Fsp3) is 0.714. The number of rotatable bonds is 3. The summed E-state index contributed by atoms with van der Waals surface area (Å²) in [6, 6.07) is 0. The second-order valence-corrected chi connectivity index (χ2v) is 4.43. The molecule has 0 aromatic rings. The topological polar surface area (TPSA) is 61.4 Å². The lowest BCUT2D eigenvalue weighted by atomic mass is 10.4. The second kappa shape index (κ2) is 4.58. The number of hydrogen-bond acceptors (Lipinski definition) is 3. The minimum Gasteiger partial charge on any atom is -0.314 e. The molecule has 13 heavy (non-hydrogen) atoms. The van der Waals surface area contributed by atoms with Gasteiger partial charge in [-0.15, -0.1) is 6.42 Å². The van der Waals surface area contributed by atoms with Crippen LogP contribution in [0.2, 0.25) is 0 Å². The van der Waals surface area contributed by atoms with Crippen LogP contribution in [0.1, 0.15) is 0 Å². The van der Waals surface area contributed by atoms with Crippen LogP contribution >= 0.6 is 0 Å². The Bertz CT molecular complexity index is 287. The van der Waals surface area contributed by atoms with E-state index < -0.39 is 10.2 Å². The van der Waals surface area contributed by atoms with Gasteiger partial charge in [0.1, 0.15) is 0 Å². The minimum absolute atomic E-state index is 0.0479. The Morgan fingerprint density at radius 1 is 1.46 bits per heavy atom. The molecule has 0 amide bonds. The van der Waals surface area contributed by atoms with Gasteiger partial charge < -0.3 is 5.32 Å². The lowest BCUT2D eigenvalue weighted by molar-refractivity contribution is 0.356. The average molecular weight is 203 g/mol. The summed E-state index contributed by atoms with van der Waals surface area (Å²) in [5, 5.41) is 3.07. The van der Waals surface area contributed by atoms with E-state index in [1.165, 1.54) is 4.31 Å². The van der Waals surface area contributed by atoms with E-state index in [4.69, 9.17) is 6.42 Å². The van der Waals surface area contributed by atoms with Gasteiger partial charge in [-0.2, -0.15) is 17.4 Å². The van der Waals surface area contributed by atoms with Crippen molar-refractivity contribution in [1.29, 1.82) is 0 Å². The lowest BCUT2D eigenvalue weighted by Gasteiger charge is -2.26. The molecule has 1 saturated heterocycles. The smallest absolute Gasteiger partial charge is 0.280 e. The van der Waals surface area contributed by atoms with Gasteiger partial charge in [0.15, 0.2) is 0 Å². The van der Waals surface area contributed by atoms with E-state index in [1.54, 1.807) is 0 Å². The molecule has 6 heteroatoms. The summed E-state index contributed by atoms with van der Waals surface area (Å²) < 4.78 is 26.6. The van der Waals surface area contributed by atoms with E-state index in [9.17, 15) is 8.42 Å². The molecule has 0 radical (unpaired) electrons. The molecule has 1 aliphatic heterocycles. The largest absolute Gasteiger partial charge is 0.314 e. The molecule has 0 aromatic heterocycles. The van der Waals surface area contributed by atoms with Crippen LogP contribution < -0.4 is 10.0 Å². The molecule has 1 heterocycles. The van der Waals surface area contributed by atoms with Gasteiger partial charge >= 0.3 is 0 Å². The summed E-state index contributed by atoms with van der Waals surface area (Å²) in [5.74, 6) is 2.23. The quantitative estimate of drug-likeness (QED) is 0.541. The molecule has 0 unspecified atom stereocenters. The number of nitrogens with zero attached hydrogens (tertiary/aromatic N) is 1. The molecule has 0 aromatic carbocycles. The van der Waals surface area contributed by atoms with Crippen LogP contribution in [-0.4, -0.2) is 45.4 Å². The van der Waals surface area contributed by atoms with Crippen molar-refractivity contribution in [3.8, 4) is 12.3 Å². The summed E-state index contributed by atoms with van der Waals surface area (Å²) >= 11 is 0. The van der Waals surface area contributed by atoms with Crippen molar-refractivity contribution in [2.45, 2.75) is 0 Å². The average Bonchev–Trinajstić information content (AvgIpc) is 2.16. The van der Waals surface area contributed by atoms with Crippen LogP contribution in [0.3, 0.4) is 0 Å². The number of terminal acetylenes is 1. The number of hydrogen-bond donors (Lipinski definition) is 2. The predicted molar refractivity (Wildman–Crippen MR) is 50.2 cm³/mol. The highest BCUT2D eigenvalue weighted by molar-refractivity contribution is 7.87. The van der Waals surface area contributed by atoms with E-state index in [1.807, 2.05) is 0 Å². The summed E-state index contributed by atoms with van der Waals surface area (Å²) in [5.41, 5.74) is 0. The first-order valence-electron chi connectivity index (χ1n) is 4.06. The van der Waals surface area contributed by atoms with Crippen LogP contribution in [-0.2, 0) is 10.2 Å². The summed E-state index contributed by atoms with van der Waals surface area (Å²) in [7, 11) is -3.34. The molecule has 0 atom stereocenters. The maximum absolute atomic E-state index is 11.4. The zero-order valence-corrected chi connectivity index (χ0v) is 8.10. The molecular weight excluding hydrogens is 190 g/mol. The van der Waals surface area contributed by atoms with Crippen LogP contribution in [0.5, 0.6) is 0 Å². The van der Waals surface area contributed by atoms with Crippen molar-refractivity contribution in [1.82, 2.24) is 14.3 Å². The predicted octanol–water partition coefficient (Wildman–Crippen LogP) is -1.64. The van der Waals surface area contributed by atoms with Gasteiger partial charge in [0.2, 0.25) is 0 Å². The SMILES string of the molecule is C#CCNS(=O)(=O)N1CCNCC1. The molecule has 2 N–H and O–H groups in total. The first-order valence-corrected chi connectivity index (χ1v) is 5.50. The third-order valence-electron chi connectivity index (χ3n) is 1.77. The summed E-state index contributed by atoms with van der Waals surface area (Å²) in [4.78, 5) is 0. The monoisotopic (exact) mass is 203 g/mol. The Kier molecular flexibility index (Phi) is 3.69. The van der Waals surface area contributed by atoms with Gasteiger partial charge in [0, 0.05) is 26.2 Å². The molecule has 1 fully saturated rings. The highest BCUT2D eigenvalue weighted by Crippen LogP contribution is 1.98. The Labute approximate surface area is 78.7 Å². The zero-order valence-electron chi connectivity index (χ0n) is 7.28. The molecular formula is C7H13N3O2S. The van der Waals surface area contributed by atoms with Crippen molar-refractivity contribution >= 4 is 10.2 Å². The normalized spacial score (nSPS) is 19.6. The van der Waals surface area contributed by atoms with Crippen LogP contribution in [0.15, 0.2) is 0 Å². The Hall–Kier alpha value is -0.610. The summed E-state index contributed by atoms with van der Waals surface area (Å²) in [6.07, 6.45) is 4.96. The molecule has 1 aliphatic rings. The van der Waals surface area contributed by atoms with Gasteiger partial charge in [-0.3, -0.25) is 0 Å². The van der Waals surface area contributed by atoms with Crippen LogP contribution in [0, 0.1) is 12.3 Å². The third-order valence-corrected chi connectivity index (χ3v) is 3.33. The summed E-state index contributed by atoms with van der Waals surface area (Å²) in [6.45, 7) is 2.43. The van der Waals surface area contributed by atoms with E-state index in [0.29, 0.717) is 26.2 Å². The van der Waals surface area contributed by atoms with E-state index >= 15 is 0 Å². The molecule has 0 bridgehead atoms. The van der Waals surface area contributed by atoms with Crippen molar-refractivity contribution in [3.05, 3.63) is 0 Å². The highest BCUT2D eigenvalue weighted by atomic mass is 32.2. The highest BCUT2D eigenvalue weighted by Gasteiger charge is 2.22. The lowest BCUT2D eigenvalue weighted by Crippen LogP contribution is -2.50. The fourth-order valence-electron chi connectivity index (χ4n) is 1.11. The molecule has 1 rings (SSSR count). The third kappa shape index (κ3) is 2.97. The molecule has 0 aliphatic carbocycles. The fourth-order valence-corrected chi connectivity index (χ4v) is 2.22. The van der Waals surface area contributed by atoms with E-state index in [-0.39, 0.29) is 6.54 Å². The molecule has 74 valence electrons. The Morgan fingerprint density at radius 3 is 2.62 bits per heavy atom. The number of nitrogens with one attached hydrogen (secondary N) is 2. The van der Waals surface area contributed by atoms with Gasteiger partial charge in [-0.1, -0.05) is 5.92 Å². The van der Waals surface area contributed by atoms with Crippen LogP contribution in [0.25, 0.3) is 0 Å². The van der Waals surface area contributed by atoms with Crippen molar-refractivity contribution in [2.75, 3.05) is 32.7 Å². The van der Waals surface area contributed by atoms with Crippen LogP contribution in [0.4, 0.5) is 0 Å². The first kappa shape index (κ1) is 10.5. The van der Waals surface area contributed by atoms with E-state index in [2.05, 4.69) is 16.0 Å². The minimum atomic E-state index is -3.34. The molecule has 0 spiro atoms. The first-order chi connectivity index (χ1) is 6.17. The number of piperazine rings is 1. The second-order valence-electron chi connectivity index (χ2n) is 2.68. The maximum atomic E-state index is 11.4. The standard InChI is InChI=1S/C7H13N3O2S/c1-2-3-9-13(11,12)10-6-4-8-5-7-10/h1,8-9H,3-7H2. The van der Waals surface area contributed by atoms with Crippen molar-refractivity contribution < 1.29 is 8.42 Å². The van der Waals surface area contributed by atoms with Gasteiger partial charge in [0.05, 0.1) is 6.54 Å². The zero-order chi connectivity index (χ0) is 9.73. The molecule has 5 nitrogen and oxygen atoms in total. The molecule has 0 saturated carbocycles. The van der Waals surface area contributed by atoms with Gasteiger partial charge in [-0.25, -0.2) is 0 Å². The van der Waals surface area contributed by atoms with Gasteiger partial charge in [-0.05, 0) is 0 Å². The van der Waals surface area contributed by atoms with Crippen molar-refractivity contribution in [3.63, 3.8) is 0 Å². The van der Waals surface area contributed by atoms with E-state index in [0.717, 1.165) is 0 Å². The van der Waals surface area contributed by atoms with Crippen molar-refractivity contribution in [2.24, 2.45) is 0 Å². The van der Waals surface area contributed by atoms with Gasteiger partial charge in [0.25, 0.3) is 10.2 Å². The Balaban J connectivity index is 2.53. The Morgan fingerprint density at radius 2 is 2.08 bits per heavy atom. The maximum Gasteiger partial charge on any atom is 0.280 e.